The smallest absolute Gasteiger partial charge is 0.415 e. The lowest BCUT2D eigenvalue weighted by Crippen LogP contribution is -2.53. The molecule has 0 saturated heterocycles. The van der Waals surface area contributed by atoms with E-state index in [1.807, 2.05) is 0 Å². The van der Waals surface area contributed by atoms with Gasteiger partial charge in [0.05, 0.1) is 12.7 Å². The first-order valence-corrected chi connectivity index (χ1v) is 11.5. The van der Waals surface area contributed by atoms with E-state index in [4.69, 9.17) is 9.47 Å². The number of hydrogen-bond acceptors (Lipinski definition) is 4. The Bertz CT molecular complexity index is 846. The normalized spacial score (nSPS) is 21.0. The summed E-state index contributed by atoms with van der Waals surface area (Å²) in [4.78, 5) is 12.8. The van der Waals surface area contributed by atoms with Gasteiger partial charge in [0.25, 0.3) is 0 Å². The molecular formula is C21H26ClF4NO4S. The number of alkyl halides is 5. The van der Waals surface area contributed by atoms with Crippen molar-refractivity contribution in [3.63, 3.8) is 0 Å². The van der Waals surface area contributed by atoms with Crippen LogP contribution in [0, 0.1) is 5.92 Å². The first-order chi connectivity index (χ1) is 14.8. The van der Waals surface area contributed by atoms with E-state index in [-0.39, 0.29) is 18.9 Å². The van der Waals surface area contributed by atoms with Crippen molar-refractivity contribution < 1.29 is 36.0 Å². The first-order valence-electron chi connectivity index (χ1n) is 10.0. The number of benzene rings is 1. The summed E-state index contributed by atoms with van der Waals surface area (Å²) in [5.41, 5.74) is 0.187. The second-order valence-corrected chi connectivity index (χ2v) is 9.91. The molecule has 1 aromatic carbocycles. The molecule has 0 amide bonds. The Morgan fingerprint density at radius 2 is 1.78 bits per heavy atom. The molecule has 11 heteroatoms. The van der Waals surface area contributed by atoms with Crippen LogP contribution in [0.25, 0.3) is 0 Å². The monoisotopic (exact) mass is 499 g/mol. The molecule has 0 aliphatic carbocycles. The molecule has 180 valence electrons. The minimum atomic E-state index is -5.18. The summed E-state index contributed by atoms with van der Waals surface area (Å²) in [7, 11) is -3.74. The Balaban J connectivity index is 2.60. The summed E-state index contributed by atoms with van der Waals surface area (Å²) in [6.07, 6.45) is -0.727. The third-order valence-corrected chi connectivity index (χ3v) is 6.28. The molecule has 2 rings (SSSR count). The summed E-state index contributed by atoms with van der Waals surface area (Å²) in [5.74, 6) is -1.63. The molecule has 5 nitrogen and oxygen atoms in total. The van der Waals surface area contributed by atoms with E-state index in [1.54, 1.807) is 44.2 Å². The van der Waals surface area contributed by atoms with Crippen molar-refractivity contribution in [3.8, 4) is 0 Å². The topological polar surface area (TPSA) is 55.8 Å². The van der Waals surface area contributed by atoms with Crippen LogP contribution < -0.4 is 0 Å². The van der Waals surface area contributed by atoms with Crippen LogP contribution in [0.5, 0.6) is 0 Å². The van der Waals surface area contributed by atoms with Crippen LogP contribution in [0.3, 0.4) is 0 Å². The predicted octanol–water partition coefficient (Wildman–Crippen LogP) is 5.40. The fraction of sp³-hybridized carbons (Fsp3) is 0.571. The molecule has 1 aliphatic rings. The number of esters is 1. The molecule has 3 atom stereocenters. The molecule has 1 heterocycles. The summed E-state index contributed by atoms with van der Waals surface area (Å²) in [5, 5.41) is -10.3. The van der Waals surface area contributed by atoms with Crippen LogP contribution in [0.15, 0.2) is 42.1 Å². The van der Waals surface area contributed by atoms with Crippen LogP contribution in [0.2, 0.25) is 0 Å². The SMILES string of the molecule is CC(C)CO[C@H]1C[C@@H](c2ccccc2)C=C(C(=O)OC(C)C)N1[S@@](=O)C(F)(F)C(F)(F)Cl. The molecule has 0 aromatic heterocycles. The lowest BCUT2D eigenvalue weighted by Gasteiger charge is -2.40. The van der Waals surface area contributed by atoms with Gasteiger partial charge in [-0.25, -0.2) is 9.00 Å². The van der Waals surface area contributed by atoms with Crippen molar-refractivity contribution in [3.05, 3.63) is 47.7 Å². The molecule has 0 bridgehead atoms. The van der Waals surface area contributed by atoms with Gasteiger partial charge in [0.15, 0.2) is 0 Å². The maximum absolute atomic E-state index is 14.3. The van der Waals surface area contributed by atoms with E-state index in [9.17, 15) is 26.6 Å². The Morgan fingerprint density at radius 3 is 2.28 bits per heavy atom. The van der Waals surface area contributed by atoms with Gasteiger partial charge in [0, 0.05) is 12.3 Å². The van der Waals surface area contributed by atoms with Gasteiger partial charge in [-0.3, -0.25) is 4.31 Å². The number of nitrogens with zero attached hydrogens (tertiary/aromatic N) is 1. The maximum Gasteiger partial charge on any atom is 0.415 e. The largest absolute Gasteiger partial charge is 0.458 e. The predicted molar refractivity (Wildman–Crippen MR) is 113 cm³/mol. The van der Waals surface area contributed by atoms with Gasteiger partial charge in [-0.2, -0.15) is 17.6 Å². The van der Waals surface area contributed by atoms with Gasteiger partial charge in [0.1, 0.15) is 11.9 Å². The van der Waals surface area contributed by atoms with Gasteiger partial charge in [-0.1, -0.05) is 44.2 Å². The van der Waals surface area contributed by atoms with E-state index in [0.29, 0.717) is 4.31 Å². The molecule has 0 radical (unpaired) electrons. The van der Waals surface area contributed by atoms with Crippen molar-refractivity contribution in [1.82, 2.24) is 4.31 Å². The minimum Gasteiger partial charge on any atom is -0.458 e. The molecule has 0 unspecified atom stereocenters. The van der Waals surface area contributed by atoms with Crippen LogP contribution in [-0.2, 0) is 25.3 Å². The minimum absolute atomic E-state index is 0.00906. The number of carbonyl (C=O) groups excluding carboxylic acids is 1. The number of allylic oxidation sites excluding steroid dienone is 1. The standard InChI is InChI=1S/C21H26ClF4NO4S/c1-13(2)12-30-18-11-16(15-8-6-5-7-9-15)10-17(19(28)31-14(3)4)27(18)32(29)21(25,26)20(22,23)24/h5-10,13-14,16,18H,11-12H2,1-4H3/t16-,18-,32-/m0/s1. The van der Waals surface area contributed by atoms with Crippen molar-refractivity contribution in [2.75, 3.05) is 6.61 Å². The van der Waals surface area contributed by atoms with Crippen LogP contribution in [0.1, 0.15) is 45.6 Å². The average molecular weight is 500 g/mol. The number of rotatable bonds is 9. The highest BCUT2D eigenvalue weighted by molar-refractivity contribution is 7.84. The summed E-state index contributed by atoms with van der Waals surface area (Å²) in [6.45, 7) is 6.71. The zero-order chi connectivity index (χ0) is 24.3. The number of hydrogen-bond donors (Lipinski definition) is 0. The van der Waals surface area contributed by atoms with Crippen molar-refractivity contribution in [2.45, 2.75) is 63.0 Å². The van der Waals surface area contributed by atoms with E-state index < -0.39 is 51.5 Å². The first kappa shape index (κ1) is 26.6. The highest BCUT2D eigenvalue weighted by Gasteiger charge is 2.63. The molecule has 0 fully saturated rings. The van der Waals surface area contributed by atoms with Crippen LogP contribution in [-0.4, -0.2) is 44.1 Å². The van der Waals surface area contributed by atoms with Crippen LogP contribution >= 0.6 is 11.6 Å². The fourth-order valence-corrected chi connectivity index (χ4v) is 4.34. The third-order valence-electron chi connectivity index (χ3n) is 4.44. The third kappa shape index (κ3) is 6.23. The number of halogens is 5. The zero-order valence-electron chi connectivity index (χ0n) is 18.1. The maximum atomic E-state index is 14.3. The van der Waals surface area contributed by atoms with Crippen molar-refractivity contribution >= 4 is 28.6 Å². The van der Waals surface area contributed by atoms with Crippen molar-refractivity contribution in [2.24, 2.45) is 5.92 Å². The Kier molecular flexibility index (Phi) is 8.75. The average Bonchev–Trinajstić information content (AvgIpc) is 2.70. The number of carbonyl (C=O) groups is 1. The molecule has 1 aromatic rings. The van der Waals surface area contributed by atoms with Gasteiger partial charge in [-0.15, -0.1) is 0 Å². The van der Waals surface area contributed by atoms with E-state index >= 15 is 0 Å². The molecule has 0 spiro atoms. The summed E-state index contributed by atoms with van der Waals surface area (Å²) < 4.78 is 79.5. The van der Waals surface area contributed by atoms with E-state index in [1.165, 1.54) is 19.9 Å². The Hall–Kier alpha value is -1.65. The van der Waals surface area contributed by atoms with Crippen molar-refractivity contribution in [1.29, 1.82) is 0 Å². The Labute approximate surface area is 192 Å². The van der Waals surface area contributed by atoms with E-state index in [2.05, 4.69) is 11.6 Å². The van der Waals surface area contributed by atoms with E-state index in [0.717, 1.165) is 5.56 Å². The quantitative estimate of drug-likeness (QED) is 0.259. The molecule has 32 heavy (non-hydrogen) atoms. The number of ether oxygens (including phenoxy) is 2. The highest BCUT2D eigenvalue weighted by atomic mass is 35.5. The lowest BCUT2D eigenvalue weighted by molar-refractivity contribution is -0.146. The van der Waals surface area contributed by atoms with Crippen LogP contribution in [0.4, 0.5) is 17.6 Å². The van der Waals surface area contributed by atoms with Gasteiger partial charge >= 0.3 is 16.6 Å². The summed E-state index contributed by atoms with van der Waals surface area (Å²) in [6, 6.07) is 8.82. The molecule has 0 saturated carbocycles. The second kappa shape index (κ2) is 10.5. The highest BCUT2D eigenvalue weighted by Crippen LogP contribution is 2.45. The molecule has 0 N–H and O–H groups in total. The zero-order valence-corrected chi connectivity index (χ0v) is 19.6. The summed E-state index contributed by atoms with van der Waals surface area (Å²) >= 11 is 4.57. The Morgan fingerprint density at radius 1 is 1.19 bits per heavy atom. The van der Waals surface area contributed by atoms with Gasteiger partial charge in [0.2, 0.25) is 11.0 Å². The fourth-order valence-electron chi connectivity index (χ4n) is 3.02. The van der Waals surface area contributed by atoms with Gasteiger partial charge in [-0.05, 0) is 43.0 Å². The van der Waals surface area contributed by atoms with Gasteiger partial charge < -0.3 is 9.47 Å². The molecule has 1 aliphatic heterocycles. The lowest BCUT2D eigenvalue weighted by atomic mass is 9.91. The second-order valence-electron chi connectivity index (χ2n) is 8.03. The molecular weight excluding hydrogens is 474 g/mol.